The van der Waals surface area contributed by atoms with E-state index in [4.69, 9.17) is 15.2 Å². The molecule has 0 radical (unpaired) electrons. The van der Waals surface area contributed by atoms with Gasteiger partial charge in [0.1, 0.15) is 0 Å². The Bertz CT molecular complexity index is 377. The van der Waals surface area contributed by atoms with Gasteiger partial charge in [-0.05, 0) is 13.3 Å². The molecule has 6 nitrogen and oxygen atoms in total. The fraction of sp³-hybridized carbons (Fsp3) is 0.667. The molecule has 0 amide bonds. The van der Waals surface area contributed by atoms with Gasteiger partial charge in [-0.1, -0.05) is 13.3 Å². The lowest BCUT2D eigenvalue weighted by Gasteiger charge is -2.03. The molecule has 0 saturated carbocycles. The first-order valence-electron chi connectivity index (χ1n) is 6.26. The predicted octanol–water partition coefficient (Wildman–Crippen LogP) is 1.46. The zero-order chi connectivity index (χ0) is 13.4. The molecule has 0 spiro atoms. The molecule has 6 heteroatoms. The van der Waals surface area contributed by atoms with E-state index >= 15 is 0 Å². The van der Waals surface area contributed by atoms with Crippen LogP contribution in [0.15, 0.2) is 6.20 Å². The summed E-state index contributed by atoms with van der Waals surface area (Å²) in [5, 5.41) is 4.08. The van der Waals surface area contributed by atoms with E-state index in [-0.39, 0.29) is 5.69 Å². The summed E-state index contributed by atoms with van der Waals surface area (Å²) < 4.78 is 11.9. The average Bonchev–Trinajstić information content (AvgIpc) is 2.71. The zero-order valence-corrected chi connectivity index (χ0v) is 11.0. The summed E-state index contributed by atoms with van der Waals surface area (Å²) in [6.07, 6.45) is 3.78. The molecule has 1 aromatic heterocycles. The second kappa shape index (κ2) is 7.71. The number of aromatic nitrogens is 2. The third kappa shape index (κ3) is 4.37. The van der Waals surface area contributed by atoms with Crippen LogP contribution in [-0.4, -0.2) is 35.6 Å². The van der Waals surface area contributed by atoms with Crippen molar-refractivity contribution in [3.63, 3.8) is 0 Å². The minimum absolute atomic E-state index is 0.172. The second-order valence-electron chi connectivity index (χ2n) is 3.88. The van der Waals surface area contributed by atoms with E-state index in [0.717, 1.165) is 19.4 Å². The van der Waals surface area contributed by atoms with Crippen molar-refractivity contribution in [2.45, 2.75) is 33.2 Å². The smallest absolute Gasteiger partial charge is 0.361 e. The summed E-state index contributed by atoms with van der Waals surface area (Å²) in [6.45, 7) is 6.05. The monoisotopic (exact) mass is 255 g/mol. The van der Waals surface area contributed by atoms with Crippen molar-refractivity contribution >= 4 is 11.7 Å². The molecule has 0 fully saturated rings. The van der Waals surface area contributed by atoms with Crippen LogP contribution >= 0.6 is 0 Å². The Balaban J connectivity index is 2.43. The van der Waals surface area contributed by atoms with Crippen LogP contribution in [0.25, 0.3) is 0 Å². The lowest BCUT2D eigenvalue weighted by molar-refractivity contribution is 0.0518. The lowest BCUT2D eigenvalue weighted by Crippen LogP contribution is -2.10. The molecule has 0 aromatic carbocycles. The summed E-state index contributed by atoms with van der Waals surface area (Å²) >= 11 is 0. The van der Waals surface area contributed by atoms with Crippen LogP contribution in [0.4, 0.5) is 5.69 Å². The predicted molar refractivity (Wildman–Crippen MR) is 68.3 cm³/mol. The summed E-state index contributed by atoms with van der Waals surface area (Å²) in [7, 11) is 0. The van der Waals surface area contributed by atoms with Crippen molar-refractivity contribution in [1.29, 1.82) is 0 Å². The van der Waals surface area contributed by atoms with Crippen molar-refractivity contribution in [2.75, 3.05) is 25.6 Å². The highest BCUT2D eigenvalue weighted by Gasteiger charge is 2.15. The fourth-order valence-corrected chi connectivity index (χ4v) is 1.42. The van der Waals surface area contributed by atoms with Gasteiger partial charge in [0.15, 0.2) is 5.69 Å². The Kier molecular flexibility index (Phi) is 6.21. The number of unbranched alkanes of at least 4 members (excludes halogenated alkanes) is 1. The minimum Gasteiger partial charge on any atom is -0.461 e. The van der Waals surface area contributed by atoms with Crippen molar-refractivity contribution in [1.82, 2.24) is 9.78 Å². The largest absolute Gasteiger partial charge is 0.461 e. The summed E-state index contributed by atoms with van der Waals surface area (Å²) in [4.78, 5) is 11.5. The normalized spacial score (nSPS) is 10.6. The number of hydrogen-bond donors (Lipinski definition) is 1. The van der Waals surface area contributed by atoms with E-state index in [0.29, 0.717) is 25.4 Å². The van der Waals surface area contributed by atoms with Gasteiger partial charge in [-0.25, -0.2) is 4.79 Å². The number of esters is 1. The van der Waals surface area contributed by atoms with Gasteiger partial charge in [0, 0.05) is 12.8 Å². The van der Waals surface area contributed by atoms with Gasteiger partial charge in [-0.15, -0.1) is 0 Å². The van der Waals surface area contributed by atoms with Crippen LogP contribution in [0.2, 0.25) is 0 Å². The van der Waals surface area contributed by atoms with Gasteiger partial charge < -0.3 is 15.2 Å². The molecule has 0 atom stereocenters. The first-order chi connectivity index (χ1) is 8.69. The summed E-state index contributed by atoms with van der Waals surface area (Å²) in [6, 6.07) is 0. The van der Waals surface area contributed by atoms with Crippen LogP contribution in [0.5, 0.6) is 0 Å². The quantitative estimate of drug-likeness (QED) is 0.562. The number of nitrogen functional groups attached to an aromatic ring is 1. The van der Waals surface area contributed by atoms with Crippen LogP contribution in [0, 0.1) is 0 Å². The molecule has 0 aliphatic heterocycles. The maximum Gasteiger partial charge on any atom is 0.361 e. The molecule has 18 heavy (non-hydrogen) atoms. The number of ether oxygens (including phenoxy) is 2. The molecule has 1 aromatic rings. The van der Waals surface area contributed by atoms with E-state index in [1.165, 1.54) is 0 Å². The van der Waals surface area contributed by atoms with E-state index in [1.54, 1.807) is 17.8 Å². The number of nitrogens with two attached hydrogens (primary N) is 1. The molecule has 0 saturated heterocycles. The van der Waals surface area contributed by atoms with Crippen LogP contribution in [0.3, 0.4) is 0 Å². The standard InChI is InChI=1S/C12H21N3O3/c1-3-5-7-17-8-6-15-9-10(13)11(14-15)12(16)18-4-2/h9H,3-8,13H2,1-2H3. The molecule has 1 heterocycles. The fourth-order valence-electron chi connectivity index (χ4n) is 1.42. The molecule has 0 aliphatic carbocycles. The third-order valence-electron chi connectivity index (χ3n) is 2.37. The maximum absolute atomic E-state index is 11.5. The molecular weight excluding hydrogens is 234 g/mol. The summed E-state index contributed by atoms with van der Waals surface area (Å²) in [5.41, 5.74) is 6.21. The molecule has 1 rings (SSSR count). The van der Waals surface area contributed by atoms with Gasteiger partial charge >= 0.3 is 5.97 Å². The van der Waals surface area contributed by atoms with Gasteiger partial charge in [0.05, 0.1) is 25.4 Å². The Hall–Kier alpha value is -1.56. The minimum atomic E-state index is -0.486. The number of carbonyl (C=O) groups excluding carboxylic acids is 1. The Labute approximate surface area is 107 Å². The number of anilines is 1. The molecular formula is C12H21N3O3. The van der Waals surface area contributed by atoms with Gasteiger partial charge in [0.25, 0.3) is 0 Å². The van der Waals surface area contributed by atoms with Crippen LogP contribution in [-0.2, 0) is 16.0 Å². The Morgan fingerprint density at radius 1 is 1.44 bits per heavy atom. The molecule has 0 bridgehead atoms. The van der Waals surface area contributed by atoms with Gasteiger partial charge in [0.2, 0.25) is 0 Å². The van der Waals surface area contributed by atoms with Crippen molar-refractivity contribution in [2.24, 2.45) is 0 Å². The SMILES string of the molecule is CCCCOCCn1cc(N)c(C(=O)OCC)n1. The molecule has 102 valence electrons. The Morgan fingerprint density at radius 2 is 2.22 bits per heavy atom. The molecule has 0 aliphatic rings. The second-order valence-corrected chi connectivity index (χ2v) is 3.88. The van der Waals surface area contributed by atoms with Gasteiger partial charge in [-0.2, -0.15) is 5.10 Å². The van der Waals surface area contributed by atoms with Gasteiger partial charge in [-0.3, -0.25) is 4.68 Å². The van der Waals surface area contributed by atoms with Crippen molar-refractivity contribution < 1.29 is 14.3 Å². The zero-order valence-electron chi connectivity index (χ0n) is 11.0. The number of nitrogens with zero attached hydrogens (tertiary/aromatic N) is 2. The number of rotatable bonds is 8. The van der Waals surface area contributed by atoms with E-state index < -0.39 is 5.97 Å². The highest BCUT2D eigenvalue weighted by molar-refractivity contribution is 5.92. The lowest BCUT2D eigenvalue weighted by atomic mass is 10.4. The average molecular weight is 255 g/mol. The number of carbonyl (C=O) groups is 1. The summed E-state index contributed by atoms with van der Waals surface area (Å²) in [5.74, 6) is -0.486. The Morgan fingerprint density at radius 3 is 2.89 bits per heavy atom. The van der Waals surface area contributed by atoms with Crippen molar-refractivity contribution in [3.8, 4) is 0 Å². The molecule has 0 unspecified atom stereocenters. The van der Waals surface area contributed by atoms with Crippen LogP contribution < -0.4 is 5.73 Å². The first kappa shape index (κ1) is 14.5. The van der Waals surface area contributed by atoms with E-state index in [1.807, 2.05) is 0 Å². The first-order valence-corrected chi connectivity index (χ1v) is 6.26. The topological polar surface area (TPSA) is 79.4 Å². The van der Waals surface area contributed by atoms with Crippen LogP contribution in [0.1, 0.15) is 37.2 Å². The molecule has 2 N–H and O–H groups in total. The maximum atomic E-state index is 11.5. The number of hydrogen-bond acceptors (Lipinski definition) is 5. The van der Waals surface area contributed by atoms with Crippen molar-refractivity contribution in [3.05, 3.63) is 11.9 Å². The van der Waals surface area contributed by atoms with E-state index in [9.17, 15) is 4.79 Å². The third-order valence-corrected chi connectivity index (χ3v) is 2.37. The highest BCUT2D eigenvalue weighted by Crippen LogP contribution is 2.10. The highest BCUT2D eigenvalue weighted by atomic mass is 16.5. The van der Waals surface area contributed by atoms with E-state index in [2.05, 4.69) is 12.0 Å².